The molecule has 2 amide bonds. The molecule has 1 aromatic carbocycles. The Labute approximate surface area is 145 Å². The lowest BCUT2D eigenvalue weighted by Crippen LogP contribution is -2.30. The summed E-state index contributed by atoms with van der Waals surface area (Å²) in [6.07, 6.45) is 1.62. The van der Waals surface area contributed by atoms with E-state index < -0.39 is 0 Å². The van der Waals surface area contributed by atoms with E-state index in [1.807, 2.05) is 32.2 Å². The van der Waals surface area contributed by atoms with Crippen LogP contribution in [0.2, 0.25) is 0 Å². The number of hydrogen-bond donors (Lipinski definition) is 1. The average molecular weight is 334 g/mol. The molecule has 0 saturated heterocycles. The molecule has 2 aromatic heterocycles. The van der Waals surface area contributed by atoms with Crippen molar-refractivity contribution in [3.05, 3.63) is 53.3 Å². The van der Waals surface area contributed by atoms with Gasteiger partial charge in [0.05, 0.1) is 29.2 Å². The summed E-state index contributed by atoms with van der Waals surface area (Å²) in [5.74, 6) is 0. The molecule has 126 valence electrons. The first-order valence-corrected chi connectivity index (χ1v) is 7.78. The van der Waals surface area contributed by atoms with Gasteiger partial charge in [-0.3, -0.25) is 4.68 Å². The van der Waals surface area contributed by atoms with Gasteiger partial charge >= 0.3 is 6.03 Å². The van der Waals surface area contributed by atoms with Gasteiger partial charge in [-0.05, 0) is 30.7 Å². The Bertz CT molecular complexity index is 968. The van der Waals surface area contributed by atoms with Gasteiger partial charge in [-0.2, -0.15) is 10.4 Å². The van der Waals surface area contributed by atoms with Crippen LogP contribution in [-0.2, 0) is 13.6 Å². The van der Waals surface area contributed by atoms with Crippen LogP contribution in [0.3, 0.4) is 0 Å². The predicted molar refractivity (Wildman–Crippen MR) is 94.9 cm³/mol. The largest absolute Gasteiger partial charge is 0.323 e. The van der Waals surface area contributed by atoms with Crippen molar-refractivity contribution in [2.45, 2.75) is 13.5 Å². The summed E-state index contributed by atoms with van der Waals surface area (Å²) in [7, 11) is 3.56. The molecule has 1 N–H and O–H groups in total. The summed E-state index contributed by atoms with van der Waals surface area (Å²) in [6, 6.07) is 10.9. The smallest absolute Gasteiger partial charge is 0.321 e. The number of nitrogens with one attached hydrogen (secondary N) is 1. The second-order valence-electron chi connectivity index (χ2n) is 5.90. The minimum absolute atomic E-state index is 0.230. The zero-order valence-electron chi connectivity index (χ0n) is 14.3. The van der Waals surface area contributed by atoms with E-state index >= 15 is 0 Å². The first-order valence-electron chi connectivity index (χ1n) is 7.78. The highest BCUT2D eigenvalue weighted by Gasteiger charge is 2.12. The molecule has 0 fully saturated rings. The van der Waals surface area contributed by atoms with Gasteiger partial charge in [0.1, 0.15) is 0 Å². The van der Waals surface area contributed by atoms with E-state index in [0.29, 0.717) is 17.8 Å². The maximum atomic E-state index is 12.4. The Morgan fingerprint density at radius 1 is 1.36 bits per heavy atom. The predicted octanol–water partition coefficient (Wildman–Crippen LogP) is 2.81. The highest BCUT2D eigenvalue weighted by molar-refractivity contribution is 5.91. The molecule has 3 rings (SSSR count). The van der Waals surface area contributed by atoms with E-state index in [4.69, 9.17) is 5.26 Å². The number of carbonyl (C=O) groups excluding carboxylic acids is 1. The molecule has 7 nitrogen and oxygen atoms in total. The number of benzene rings is 1. The molecule has 0 aliphatic carbocycles. The summed E-state index contributed by atoms with van der Waals surface area (Å²) >= 11 is 0. The maximum Gasteiger partial charge on any atom is 0.321 e. The van der Waals surface area contributed by atoms with Crippen LogP contribution in [-0.4, -0.2) is 32.7 Å². The number of anilines is 1. The number of pyridine rings is 1. The zero-order valence-corrected chi connectivity index (χ0v) is 14.3. The molecule has 2 heterocycles. The van der Waals surface area contributed by atoms with E-state index in [2.05, 4.69) is 21.5 Å². The zero-order chi connectivity index (χ0) is 18.0. The minimum atomic E-state index is -0.230. The summed E-state index contributed by atoms with van der Waals surface area (Å²) in [4.78, 5) is 18.3. The van der Waals surface area contributed by atoms with Gasteiger partial charge in [0.2, 0.25) is 0 Å². The first kappa shape index (κ1) is 16.5. The number of fused-ring (bicyclic) bond motifs is 1. The van der Waals surface area contributed by atoms with Crippen LogP contribution in [0.25, 0.3) is 11.0 Å². The summed E-state index contributed by atoms with van der Waals surface area (Å²) in [5.41, 5.74) is 3.82. The third kappa shape index (κ3) is 3.43. The van der Waals surface area contributed by atoms with Gasteiger partial charge in [0.25, 0.3) is 0 Å². The molecule has 0 bridgehead atoms. The highest BCUT2D eigenvalue weighted by Crippen LogP contribution is 2.19. The minimum Gasteiger partial charge on any atom is -0.323 e. The Morgan fingerprint density at radius 2 is 2.08 bits per heavy atom. The van der Waals surface area contributed by atoms with Crippen LogP contribution in [0.4, 0.5) is 10.5 Å². The topological polar surface area (TPSA) is 86.8 Å². The summed E-state index contributed by atoms with van der Waals surface area (Å²) < 4.78 is 1.72. The lowest BCUT2D eigenvalue weighted by molar-refractivity contribution is 0.220. The normalized spacial score (nSPS) is 10.5. The van der Waals surface area contributed by atoms with E-state index in [9.17, 15) is 4.79 Å². The monoisotopic (exact) mass is 334 g/mol. The molecule has 3 aromatic rings. The van der Waals surface area contributed by atoms with Gasteiger partial charge in [0, 0.05) is 26.0 Å². The standard InChI is InChI=1S/C18H18N6O/c1-12-16-8-15(10-20-17(16)24(3)22-12)21-18(25)23(2)11-14-6-4-13(9-19)5-7-14/h4-8,10H,11H2,1-3H3,(H,21,25). The number of amides is 2. The maximum absolute atomic E-state index is 12.4. The van der Waals surface area contributed by atoms with E-state index in [1.54, 1.807) is 35.0 Å². The van der Waals surface area contributed by atoms with Gasteiger partial charge in [-0.25, -0.2) is 9.78 Å². The number of rotatable bonds is 3. The molecule has 0 saturated carbocycles. The van der Waals surface area contributed by atoms with E-state index in [1.165, 1.54) is 0 Å². The third-order valence-corrected chi connectivity index (χ3v) is 3.96. The molecular weight excluding hydrogens is 316 g/mol. The Balaban J connectivity index is 1.70. The van der Waals surface area contributed by atoms with Crippen molar-refractivity contribution >= 4 is 22.8 Å². The fraction of sp³-hybridized carbons (Fsp3) is 0.222. The summed E-state index contributed by atoms with van der Waals surface area (Å²) in [6.45, 7) is 2.35. The second-order valence-corrected chi connectivity index (χ2v) is 5.90. The molecule has 0 unspecified atom stereocenters. The van der Waals surface area contributed by atoms with Crippen LogP contribution >= 0.6 is 0 Å². The average Bonchev–Trinajstić information content (AvgIpc) is 2.89. The molecule has 0 spiro atoms. The Hall–Kier alpha value is -3.40. The van der Waals surface area contributed by atoms with Crippen molar-refractivity contribution in [2.24, 2.45) is 7.05 Å². The lowest BCUT2D eigenvalue weighted by atomic mass is 10.1. The fourth-order valence-electron chi connectivity index (χ4n) is 2.63. The Kier molecular flexibility index (Phi) is 4.35. The molecule has 0 aliphatic heterocycles. The van der Waals surface area contributed by atoms with Gasteiger partial charge in [-0.1, -0.05) is 12.1 Å². The Morgan fingerprint density at radius 3 is 2.76 bits per heavy atom. The number of nitrogens with zero attached hydrogens (tertiary/aromatic N) is 5. The van der Waals surface area contributed by atoms with Gasteiger partial charge in [0.15, 0.2) is 5.65 Å². The molecular formula is C18H18N6O. The number of aromatic nitrogens is 3. The summed E-state index contributed by atoms with van der Waals surface area (Å²) in [5, 5.41) is 16.9. The van der Waals surface area contributed by atoms with Crippen molar-refractivity contribution < 1.29 is 4.79 Å². The first-order chi connectivity index (χ1) is 12.0. The highest BCUT2D eigenvalue weighted by atomic mass is 16.2. The van der Waals surface area contributed by atoms with Crippen molar-refractivity contribution in [3.8, 4) is 6.07 Å². The van der Waals surface area contributed by atoms with E-state index in [0.717, 1.165) is 22.3 Å². The van der Waals surface area contributed by atoms with Crippen molar-refractivity contribution in [2.75, 3.05) is 12.4 Å². The number of urea groups is 1. The molecule has 0 aliphatic rings. The number of aryl methyl sites for hydroxylation is 2. The van der Waals surface area contributed by atoms with Crippen LogP contribution in [0.5, 0.6) is 0 Å². The number of carbonyl (C=O) groups is 1. The van der Waals surface area contributed by atoms with Crippen LogP contribution in [0.15, 0.2) is 36.5 Å². The van der Waals surface area contributed by atoms with Crippen molar-refractivity contribution in [1.82, 2.24) is 19.7 Å². The third-order valence-electron chi connectivity index (χ3n) is 3.96. The molecule has 25 heavy (non-hydrogen) atoms. The molecule has 0 atom stereocenters. The fourth-order valence-corrected chi connectivity index (χ4v) is 2.63. The van der Waals surface area contributed by atoms with E-state index in [-0.39, 0.29) is 6.03 Å². The number of nitriles is 1. The lowest BCUT2D eigenvalue weighted by Gasteiger charge is -2.18. The van der Waals surface area contributed by atoms with Crippen LogP contribution in [0, 0.1) is 18.3 Å². The van der Waals surface area contributed by atoms with Crippen molar-refractivity contribution in [1.29, 1.82) is 5.26 Å². The van der Waals surface area contributed by atoms with Crippen molar-refractivity contribution in [3.63, 3.8) is 0 Å². The van der Waals surface area contributed by atoms with Crippen LogP contribution < -0.4 is 5.32 Å². The SMILES string of the molecule is Cc1nn(C)c2ncc(NC(=O)N(C)Cc3ccc(C#N)cc3)cc12. The number of hydrogen-bond acceptors (Lipinski definition) is 4. The van der Waals surface area contributed by atoms with Crippen LogP contribution in [0.1, 0.15) is 16.8 Å². The van der Waals surface area contributed by atoms with Gasteiger partial charge in [-0.15, -0.1) is 0 Å². The molecule has 0 radical (unpaired) electrons. The molecule has 7 heteroatoms. The quantitative estimate of drug-likeness (QED) is 0.798. The second kappa shape index (κ2) is 6.61. The van der Waals surface area contributed by atoms with Gasteiger partial charge < -0.3 is 10.2 Å².